The Morgan fingerprint density at radius 3 is 2.83 bits per heavy atom. The van der Waals surface area contributed by atoms with Crippen LogP contribution >= 0.6 is 11.8 Å². The summed E-state index contributed by atoms with van der Waals surface area (Å²) >= 11 is 1.75. The summed E-state index contributed by atoms with van der Waals surface area (Å²) in [6.07, 6.45) is 1.62. The van der Waals surface area contributed by atoms with Gasteiger partial charge in [0.1, 0.15) is 0 Å². The molecule has 0 aliphatic heterocycles. The van der Waals surface area contributed by atoms with E-state index in [1.165, 1.54) is 10.7 Å². The SMILES string of the molecule is NCCSCc1ccccc1-n1ncccc1=O. The molecule has 0 bridgehead atoms. The molecule has 5 heteroatoms. The number of nitrogens with two attached hydrogens (primary N) is 1. The molecule has 0 amide bonds. The molecule has 4 nitrogen and oxygen atoms in total. The molecule has 0 atom stereocenters. The van der Waals surface area contributed by atoms with Crippen LogP contribution in [0.1, 0.15) is 5.56 Å². The van der Waals surface area contributed by atoms with Crippen molar-refractivity contribution < 1.29 is 0 Å². The topological polar surface area (TPSA) is 60.9 Å². The fourth-order valence-corrected chi connectivity index (χ4v) is 2.42. The number of hydrogen-bond donors (Lipinski definition) is 1. The number of rotatable bonds is 5. The lowest BCUT2D eigenvalue weighted by molar-refractivity contribution is 0.800. The zero-order valence-electron chi connectivity index (χ0n) is 9.95. The van der Waals surface area contributed by atoms with Gasteiger partial charge in [-0.2, -0.15) is 21.5 Å². The molecule has 0 spiro atoms. The van der Waals surface area contributed by atoms with E-state index in [-0.39, 0.29) is 5.56 Å². The minimum absolute atomic E-state index is 0.117. The van der Waals surface area contributed by atoms with Crippen molar-refractivity contribution in [1.82, 2.24) is 9.78 Å². The van der Waals surface area contributed by atoms with Gasteiger partial charge in [0.2, 0.25) is 0 Å². The standard InChI is InChI=1S/C13H15N3OS/c14-7-9-18-10-11-4-1-2-5-12(11)16-13(17)6-3-8-15-16/h1-6,8H,7,9-10,14H2. The molecule has 2 N–H and O–H groups in total. The van der Waals surface area contributed by atoms with Crippen LogP contribution in [-0.2, 0) is 5.75 Å². The van der Waals surface area contributed by atoms with Gasteiger partial charge in [0, 0.05) is 30.3 Å². The lowest BCUT2D eigenvalue weighted by Gasteiger charge is -2.09. The first kappa shape index (κ1) is 12.9. The third-order valence-electron chi connectivity index (χ3n) is 2.46. The van der Waals surface area contributed by atoms with Gasteiger partial charge in [0.25, 0.3) is 5.56 Å². The average Bonchev–Trinajstić information content (AvgIpc) is 2.40. The van der Waals surface area contributed by atoms with Crippen LogP contribution in [0.15, 0.2) is 47.4 Å². The highest BCUT2D eigenvalue weighted by Gasteiger charge is 2.06. The molecule has 18 heavy (non-hydrogen) atoms. The Balaban J connectivity index is 2.33. The molecule has 2 aromatic rings. The van der Waals surface area contributed by atoms with Gasteiger partial charge in [0.15, 0.2) is 0 Å². The summed E-state index contributed by atoms with van der Waals surface area (Å²) in [4.78, 5) is 11.8. The molecule has 94 valence electrons. The third-order valence-corrected chi connectivity index (χ3v) is 3.49. The van der Waals surface area contributed by atoms with Gasteiger partial charge in [-0.3, -0.25) is 4.79 Å². The molecule has 1 heterocycles. The number of thioether (sulfide) groups is 1. The normalized spacial score (nSPS) is 10.5. The van der Waals surface area contributed by atoms with Gasteiger partial charge in [0.05, 0.1) is 5.69 Å². The Bertz CT molecular complexity index is 568. The molecule has 1 aromatic heterocycles. The number of benzene rings is 1. The second-order valence-corrected chi connectivity index (χ2v) is 4.85. The quantitative estimate of drug-likeness (QED) is 0.827. The molecule has 0 aliphatic carbocycles. The number of para-hydroxylation sites is 1. The highest BCUT2D eigenvalue weighted by Crippen LogP contribution is 2.18. The Kier molecular flexibility index (Phi) is 4.55. The van der Waals surface area contributed by atoms with Crippen molar-refractivity contribution in [3.8, 4) is 5.69 Å². The van der Waals surface area contributed by atoms with Crippen LogP contribution in [-0.4, -0.2) is 22.1 Å². The molecule has 0 radical (unpaired) electrons. The minimum Gasteiger partial charge on any atom is -0.330 e. The maximum atomic E-state index is 11.8. The van der Waals surface area contributed by atoms with Gasteiger partial charge in [-0.15, -0.1) is 0 Å². The molecule has 0 aliphatic rings. The van der Waals surface area contributed by atoms with E-state index in [9.17, 15) is 4.79 Å². The Morgan fingerprint density at radius 2 is 2.06 bits per heavy atom. The first-order valence-electron chi connectivity index (χ1n) is 5.73. The number of nitrogens with zero attached hydrogens (tertiary/aromatic N) is 2. The summed E-state index contributed by atoms with van der Waals surface area (Å²) in [5, 5.41) is 4.11. The van der Waals surface area contributed by atoms with E-state index in [4.69, 9.17) is 5.73 Å². The number of aromatic nitrogens is 2. The van der Waals surface area contributed by atoms with Gasteiger partial charge < -0.3 is 5.73 Å². The zero-order chi connectivity index (χ0) is 12.8. The van der Waals surface area contributed by atoms with Crippen LogP contribution in [0.5, 0.6) is 0 Å². The predicted molar refractivity (Wildman–Crippen MR) is 75.1 cm³/mol. The molecular weight excluding hydrogens is 246 g/mol. The van der Waals surface area contributed by atoms with E-state index in [0.717, 1.165) is 22.8 Å². The van der Waals surface area contributed by atoms with E-state index in [1.54, 1.807) is 24.0 Å². The summed E-state index contributed by atoms with van der Waals surface area (Å²) in [6.45, 7) is 0.663. The van der Waals surface area contributed by atoms with Crippen molar-refractivity contribution in [3.05, 3.63) is 58.5 Å². The lowest BCUT2D eigenvalue weighted by Crippen LogP contribution is -2.20. The van der Waals surface area contributed by atoms with Crippen molar-refractivity contribution in [2.75, 3.05) is 12.3 Å². The third kappa shape index (κ3) is 3.00. The van der Waals surface area contributed by atoms with E-state index >= 15 is 0 Å². The fraction of sp³-hybridized carbons (Fsp3) is 0.231. The van der Waals surface area contributed by atoms with Crippen molar-refractivity contribution in [1.29, 1.82) is 0 Å². The lowest BCUT2D eigenvalue weighted by atomic mass is 10.2. The second-order valence-electron chi connectivity index (χ2n) is 3.74. The Labute approximate surface area is 110 Å². The van der Waals surface area contributed by atoms with Crippen LogP contribution in [0.3, 0.4) is 0 Å². The van der Waals surface area contributed by atoms with Gasteiger partial charge in [-0.25, -0.2) is 0 Å². The van der Waals surface area contributed by atoms with E-state index in [2.05, 4.69) is 5.10 Å². The first-order chi connectivity index (χ1) is 8.83. The van der Waals surface area contributed by atoms with Crippen LogP contribution in [0, 0.1) is 0 Å². The summed E-state index contributed by atoms with van der Waals surface area (Å²) in [7, 11) is 0. The van der Waals surface area contributed by atoms with E-state index in [1.807, 2.05) is 24.3 Å². The molecule has 0 saturated carbocycles. The van der Waals surface area contributed by atoms with Crippen molar-refractivity contribution in [2.45, 2.75) is 5.75 Å². The molecule has 0 saturated heterocycles. The number of hydrogen-bond acceptors (Lipinski definition) is 4. The largest absolute Gasteiger partial charge is 0.330 e. The monoisotopic (exact) mass is 261 g/mol. The summed E-state index contributed by atoms with van der Waals surface area (Å²) in [5.74, 6) is 1.74. The van der Waals surface area contributed by atoms with Gasteiger partial charge >= 0.3 is 0 Å². The zero-order valence-corrected chi connectivity index (χ0v) is 10.8. The van der Waals surface area contributed by atoms with Crippen molar-refractivity contribution in [2.24, 2.45) is 5.73 Å². The van der Waals surface area contributed by atoms with Gasteiger partial charge in [-0.05, 0) is 17.7 Å². The van der Waals surface area contributed by atoms with Crippen molar-refractivity contribution in [3.63, 3.8) is 0 Å². The highest BCUT2D eigenvalue weighted by atomic mass is 32.2. The average molecular weight is 261 g/mol. The van der Waals surface area contributed by atoms with E-state index in [0.29, 0.717) is 6.54 Å². The Hall–Kier alpha value is -1.59. The van der Waals surface area contributed by atoms with Crippen LogP contribution in [0.25, 0.3) is 5.69 Å². The van der Waals surface area contributed by atoms with Crippen LogP contribution in [0.4, 0.5) is 0 Å². The minimum atomic E-state index is -0.117. The van der Waals surface area contributed by atoms with Crippen LogP contribution < -0.4 is 11.3 Å². The smallest absolute Gasteiger partial charge is 0.271 e. The highest BCUT2D eigenvalue weighted by molar-refractivity contribution is 7.98. The first-order valence-corrected chi connectivity index (χ1v) is 6.89. The summed E-state index contributed by atoms with van der Waals surface area (Å²) < 4.78 is 1.43. The maximum absolute atomic E-state index is 11.8. The Morgan fingerprint density at radius 1 is 1.22 bits per heavy atom. The maximum Gasteiger partial charge on any atom is 0.271 e. The second kappa shape index (κ2) is 6.37. The molecule has 0 fully saturated rings. The van der Waals surface area contributed by atoms with Gasteiger partial charge in [-0.1, -0.05) is 18.2 Å². The molecule has 1 aromatic carbocycles. The van der Waals surface area contributed by atoms with Crippen molar-refractivity contribution >= 4 is 11.8 Å². The van der Waals surface area contributed by atoms with Crippen LogP contribution in [0.2, 0.25) is 0 Å². The molecular formula is C13H15N3OS. The molecule has 0 unspecified atom stereocenters. The van der Waals surface area contributed by atoms with E-state index < -0.39 is 0 Å². The summed E-state index contributed by atoms with van der Waals surface area (Å²) in [6, 6.07) is 11.0. The molecule has 2 rings (SSSR count). The fourth-order valence-electron chi connectivity index (χ4n) is 1.64. The summed E-state index contributed by atoms with van der Waals surface area (Å²) in [5.41, 5.74) is 7.30. The predicted octanol–water partition coefficient (Wildman–Crippen LogP) is 1.42.